The summed E-state index contributed by atoms with van der Waals surface area (Å²) in [6, 6.07) is 3.80. The smallest absolute Gasteiger partial charge is 0.226 e. The van der Waals surface area contributed by atoms with Crippen molar-refractivity contribution in [3.63, 3.8) is 0 Å². The molecule has 1 N–H and O–H groups in total. The van der Waals surface area contributed by atoms with E-state index in [2.05, 4.69) is 11.9 Å². The summed E-state index contributed by atoms with van der Waals surface area (Å²) in [4.78, 5) is 13.6. The molecule has 1 aliphatic heterocycles. The van der Waals surface area contributed by atoms with Gasteiger partial charge in [0.15, 0.2) is 11.6 Å². The van der Waals surface area contributed by atoms with Crippen LogP contribution in [-0.4, -0.2) is 29.9 Å². The van der Waals surface area contributed by atoms with Gasteiger partial charge in [0.05, 0.1) is 0 Å². The summed E-state index contributed by atoms with van der Waals surface area (Å²) in [5.74, 6) is -1.68. The van der Waals surface area contributed by atoms with Crippen LogP contribution in [0.4, 0.5) is 14.5 Å². The van der Waals surface area contributed by atoms with Crippen LogP contribution < -0.4 is 5.32 Å². The first-order chi connectivity index (χ1) is 9.60. The van der Waals surface area contributed by atoms with Crippen LogP contribution in [0, 0.1) is 11.6 Å². The van der Waals surface area contributed by atoms with Crippen LogP contribution in [0.15, 0.2) is 30.9 Å². The van der Waals surface area contributed by atoms with Gasteiger partial charge in [0, 0.05) is 37.3 Å². The van der Waals surface area contributed by atoms with Crippen molar-refractivity contribution < 1.29 is 13.6 Å². The van der Waals surface area contributed by atoms with E-state index in [4.69, 9.17) is 0 Å². The van der Waals surface area contributed by atoms with Crippen molar-refractivity contribution in [2.24, 2.45) is 0 Å². The van der Waals surface area contributed by atoms with Crippen molar-refractivity contribution >= 4 is 11.6 Å². The van der Waals surface area contributed by atoms with E-state index in [9.17, 15) is 13.6 Å². The summed E-state index contributed by atoms with van der Waals surface area (Å²) >= 11 is 0. The molecule has 1 unspecified atom stereocenters. The fourth-order valence-electron chi connectivity index (χ4n) is 2.40. The van der Waals surface area contributed by atoms with E-state index in [0.717, 1.165) is 31.5 Å². The highest BCUT2D eigenvalue weighted by Gasteiger charge is 2.22. The zero-order chi connectivity index (χ0) is 14.5. The van der Waals surface area contributed by atoms with Gasteiger partial charge in [0.2, 0.25) is 5.91 Å². The maximum atomic E-state index is 13.1. The Morgan fingerprint density at radius 2 is 2.25 bits per heavy atom. The standard InChI is InChI=1S/C15H18F2N2O/c1-2-4-15(20)19-8-3-5-12(10-19)18-11-6-7-13(16)14(17)9-11/h2,6-7,9,12,18H,1,3-5,8,10H2. The maximum absolute atomic E-state index is 13.1. The quantitative estimate of drug-likeness (QED) is 0.860. The van der Waals surface area contributed by atoms with Gasteiger partial charge in [-0.05, 0) is 25.0 Å². The zero-order valence-electron chi connectivity index (χ0n) is 11.2. The highest BCUT2D eigenvalue weighted by atomic mass is 19.2. The number of amides is 1. The second kappa shape index (κ2) is 6.50. The molecule has 0 bridgehead atoms. The number of piperidine rings is 1. The summed E-state index contributed by atoms with van der Waals surface area (Å²) in [5, 5.41) is 3.15. The summed E-state index contributed by atoms with van der Waals surface area (Å²) in [5.41, 5.74) is 0.534. The van der Waals surface area contributed by atoms with Gasteiger partial charge in [-0.15, -0.1) is 6.58 Å². The number of rotatable bonds is 4. The van der Waals surface area contributed by atoms with Crippen LogP contribution in [0.1, 0.15) is 19.3 Å². The molecule has 1 aromatic rings. The predicted molar refractivity (Wildman–Crippen MR) is 74.4 cm³/mol. The van der Waals surface area contributed by atoms with Gasteiger partial charge >= 0.3 is 0 Å². The van der Waals surface area contributed by atoms with Gasteiger partial charge in [-0.1, -0.05) is 6.08 Å². The average molecular weight is 280 g/mol. The number of nitrogens with one attached hydrogen (secondary N) is 1. The molecule has 1 amide bonds. The van der Waals surface area contributed by atoms with Gasteiger partial charge < -0.3 is 10.2 Å². The largest absolute Gasteiger partial charge is 0.380 e. The fourth-order valence-corrected chi connectivity index (χ4v) is 2.40. The van der Waals surface area contributed by atoms with E-state index in [-0.39, 0.29) is 11.9 Å². The minimum Gasteiger partial charge on any atom is -0.380 e. The van der Waals surface area contributed by atoms with E-state index in [1.165, 1.54) is 6.07 Å². The first-order valence-electron chi connectivity index (χ1n) is 6.70. The molecule has 1 atom stereocenters. The molecule has 0 saturated carbocycles. The molecule has 20 heavy (non-hydrogen) atoms. The first kappa shape index (κ1) is 14.5. The fraction of sp³-hybridized carbons (Fsp3) is 0.400. The Labute approximate surface area is 117 Å². The summed E-state index contributed by atoms with van der Waals surface area (Å²) in [7, 11) is 0. The molecule has 0 radical (unpaired) electrons. The van der Waals surface area contributed by atoms with E-state index in [1.807, 2.05) is 0 Å². The van der Waals surface area contributed by atoms with E-state index in [0.29, 0.717) is 18.7 Å². The minimum atomic E-state index is -0.870. The van der Waals surface area contributed by atoms with Crippen LogP contribution in [-0.2, 0) is 4.79 Å². The summed E-state index contributed by atoms with van der Waals surface area (Å²) in [6.07, 6.45) is 3.72. The lowest BCUT2D eigenvalue weighted by Gasteiger charge is -2.33. The number of carbonyl (C=O) groups excluding carboxylic acids is 1. The zero-order valence-corrected chi connectivity index (χ0v) is 11.2. The second-order valence-corrected chi connectivity index (χ2v) is 4.94. The van der Waals surface area contributed by atoms with Crippen molar-refractivity contribution in [1.29, 1.82) is 0 Å². The van der Waals surface area contributed by atoms with Crippen molar-refractivity contribution in [1.82, 2.24) is 4.90 Å². The Morgan fingerprint density at radius 3 is 2.95 bits per heavy atom. The number of hydrogen-bond donors (Lipinski definition) is 1. The number of benzene rings is 1. The predicted octanol–water partition coefficient (Wildman–Crippen LogP) is 2.94. The second-order valence-electron chi connectivity index (χ2n) is 4.94. The summed E-state index contributed by atoms with van der Waals surface area (Å²) in [6.45, 7) is 4.87. The van der Waals surface area contributed by atoms with Gasteiger partial charge in [-0.3, -0.25) is 4.79 Å². The van der Waals surface area contributed by atoms with Crippen LogP contribution >= 0.6 is 0 Å². The molecule has 1 aromatic carbocycles. The molecule has 1 heterocycles. The molecule has 1 fully saturated rings. The van der Waals surface area contributed by atoms with E-state index >= 15 is 0 Å². The number of anilines is 1. The Balaban J connectivity index is 1.97. The Morgan fingerprint density at radius 1 is 1.45 bits per heavy atom. The van der Waals surface area contributed by atoms with Crippen molar-refractivity contribution in [2.45, 2.75) is 25.3 Å². The highest BCUT2D eigenvalue weighted by molar-refractivity contribution is 5.77. The van der Waals surface area contributed by atoms with Crippen molar-refractivity contribution in [3.05, 3.63) is 42.5 Å². The highest BCUT2D eigenvalue weighted by Crippen LogP contribution is 2.18. The van der Waals surface area contributed by atoms with E-state index in [1.54, 1.807) is 11.0 Å². The molecule has 1 aliphatic rings. The number of nitrogens with zero attached hydrogens (tertiary/aromatic N) is 1. The van der Waals surface area contributed by atoms with Crippen molar-refractivity contribution in [3.8, 4) is 0 Å². The van der Waals surface area contributed by atoms with Crippen LogP contribution in [0.5, 0.6) is 0 Å². The molecule has 3 nitrogen and oxygen atoms in total. The maximum Gasteiger partial charge on any atom is 0.226 e. The summed E-state index contributed by atoms with van der Waals surface area (Å²) < 4.78 is 26.0. The monoisotopic (exact) mass is 280 g/mol. The average Bonchev–Trinajstić information content (AvgIpc) is 2.43. The van der Waals surface area contributed by atoms with Gasteiger partial charge in [-0.2, -0.15) is 0 Å². The van der Waals surface area contributed by atoms with Gasteiger partial charge in [0.1, 0.15) is 0 Å². The Hall–Kier alpha value is -1.91. The number of carbonyl (C=O) groups is 1. The molecule has 0 aliphatic carbocycles. The van der Waals surface area contributed by atoms with Crippen LogP contribution in [0.3, 0.4) is 0 Å². The molecule has 5 heteroatoms. The third kappa shape index (κ3) is 3.56. The van der Waals surface area contributed by atoms with Gasteiger partial charge in [0.25, 0.3) is 0 Å². The SMILES string of the molecule is C=CCC(=O)N1CCCC(Nc2ccc(F)c(F)c2)C1. The molecular formula is C15H18F2N2O. The third-order valence-corrected chi connectivity index (χ3v) is 3.38. The van der Waals surface area contributed by atoms with Crippen LogP contribution in [0.25, 0.3) is 0 Å². The van der Waals surface area contributed by atoms with Gasteiger partial charge in [-0.25, -0.2) is 8.78 Å². The number of likely N-dealkylation sites (tertiary alicyclic amines) is 1. The van der Waals surface area contributed by atoms with Crippen LogP contribution in [0.2, 0.25) is 0 Å². The topological polar surface area (TPSA) is 32.3 Å². The Kier molecular flexibility index (Phi) is 4.71. The lowest BCUT2D eigenvalue weighted by molar-refractivity contribution is -0.131. The van der Waals surface area contributed by atoms with Crippen molar-refractivity contribution in [2.75, 3.05) is 18.4 Å². The minimum absolute atomic E-state index is 0.0526. The lowest BCUT2D eigenvalue weighted by atomic mass is 10.0. The molecular weight excluding hydrogens is 262 g/mol. The molecule has 108 valence electrons. The molecule has 1 saturated heterocycles. The Bertz CT molecular complexity index is 505. The third-order valence-electron chi connectivity index (χ3n) is 3.38. The molecule has 0 spiro atoms. The normalized spacial score (nSPS) is 18.7. The number of halogens is 2. The van der Waals surface area contributed by atoms with E-state index < -0.39 is 11.6 Å². The molecule has 2 rings (SSSR count). The molecule has 0 aromatic heterocycles. The first-order valence-corrected chi connectivity index (χ1v) is 6.70. The number of hydrogen-bond acceptors (Lipinski definition) is 2. The lowest BCUT2D eigenvalue weighted by Crippen LogP contribution is -2.44.